The first-order valence-electron chi connectivity index (χ1n) is 6.56. The molecule has 0 bridgehead atoms. The van der Waals surface area contributed by atoms with Crippen LogP contribution in [-0.4, -0.2) is 54.2 Å². The second kappa shape index (κ2) is 5.90. The molecule has 1 aromatic carbocycles. The van der Waals surface area contributed by atoms with Crippen molar-refractivity contribution in [2.75, 3.05) is 19.3 Å². The van der Waals surface area contributed by atoms with Gasteiger partial charge in [-0.2, -0.15) is 0 Å². The third kappa shape index (κ3) is 3.64. The minimum Gasteiger partial charge on any atom is -0.507 e. The number of nitrogens with zero attached hydrogens (tertiary/aromatic N) is 1. The van der Waals surface area contributed by atoms with Gasteiger partial charge in [-0.1, -0.05) is 6.07 Å². The van der Waals surface area contributed by atoms with Gasteiger partial charge in [-0.05, 0) is 25.0 Å². The minimum absolute atomic E-state index is 0.164. The van der Waals surface area contributed by atoms with Crippen molar-refractivity contribution in [3.05, 3.63) is 23.8 Å². The Balaban J connectivity index is 1.99. The number of hydrogen-bond donors (Lipinski definition) is 3. The molecular formula is C13H18N2O5S. The number of carbonyl (C=O) groups is 1. The van der Waals surface area contributed by atoms with E-state index in [9.17, 15) is 23.4 Å². The van der Waals surface area contributed by atoms with E-state index in [1.807, 2.05) is 0 Å². The van der Waals surface area contributed by atoms with E-state index in [1.165, 1.54) is 22.5 Å². The van der Waals surface area contributed by atoms with E-state index in [1.54, 1.807) is 0 Å². The summed E-state index contributed by atoms with van der Waals surface area (Å²) in [5.74, 6) is -1.15. The predicted octanol–water partition coefficient (Wildman–Crippen LogP) is 0.252. The topological polar surface area (TPSA) is 107 Å². The molecule has 7 nitrogen and oxygen atoms in total. The number of phenols is 2. The maximum absolute atomic E-state index is 12.1. The van der Waals surface area contributed by atoms with Gasteiger partial charge in [-0.25, -0.2) is 12.7 Å². The van der Waals surface area contributed by atoms with Crippen molar-refractivity contribution >= 4 is 15.9 Å². The largest absolute Gasteiger partial charge is 0.507 e. The van der Waals surface area contributed by atoms with Crippen LogP contribution in [0.25, 0.3) is 0 Å². The van der Waals surface area contributed by atoms with Gasteiger partial charge in [0.1, 0.15) is 17.1 Å². The third-order valence-corrected chi connectivity index (χ3v) is 4.81. The van der Waals surface area contributed by atoms with E-state index < -0.39 is 15.9 Å². The van der Waals surface area contributed by atoms with Crippen molar-refractivity contribution in [2.24, 2.45) is 0 Å². The fourth-order valence-corrected chi connectivity index (χ4v) is 3.22. The molecule has 1 aromatic rings. The maximum Gasteiger partial charge on any atom is 0.259 e. The summed E-state index contributed by atoms with van der Waals surface area (Å²) in [6, 6.07) is 3.89. The lowest BCUT2D eigenvalue weighted by molar-refractivity contribution is 0.0918. The summed E-state index contributed by atoms with van der Waals surface area (Å²) in [6.07, 6.45) is 2.15. The van der Waals surface area contributed by atoms with Crippen molar-refractivity contribution in [3.63, 3.8) is 0 Å². The average Bonchev–Trinajstić information content (AvgIpc) is 2.38. The Hall–Kier alpha value is -1.80. The van der Waals surface area contributed by atoms with Gasteiger partial charge in [-0.15, -0.1) is 0 Å². The van der Waals surface area contributed by atoms with Crippen LogP contribution >= 0.6 is 0 Å². The van der Waals surface area contributed by atoms with Gasteiger partial charge in [0.2, 0.25) is 10.0 Å². The Labute approximate surface area is 123 Å². The molecule has 0 atom stereocenters. The Morgan fingerprint density at radius 3 is 2.24 bits per heavy atom. The van der Waals surface area contributed by atoms with Crippen molar-refractivity contribution < 1.29 is 23.4 Å². The van der Waals surface area contributed by atoms with Gasteiger partial charge in [0.05, 0.1) is 6.26 Å². The number of rotatable bonds is 3. The molecule has 0 aromatic heterocycles. The Morgan fingerprint density at radius 2 is 1.76 bits per heavy atom. The van der Waals surface area contributed by atoms with Gasteiger partial charge in [0, 0.05) is 19.1 Å². The quantitative estimate of drug-likeness (QED) is 0.741. The lowest BCUT2D eigenvalue weighted by Gasteiger charge is -2.30. The van der Waals surface area contributed by atoms with E-state index in [0.29, 0.717) is 25.9 Å². The Kier molecular flexibility index (Phi) is 4.38. The van der Waals surface area contributed by atoms with E-state index in [-0.39, 0.29) is 23.1 Å². The number of amides is 1. The molecule has 1 aliphatic rings. The average molecular weight is 314 g/mol. The van der Waals surface area contributed by atoms with E-state index in [4.69, 9.17) is 0 Å². The summed E-state index contributed by atoms with van der Waals surface area (Å²) in [6.45, 7) is 0.688. The molecule has 2 rings (SSSR count). The molecule has 0 spiro atoms. The fourth-order valence-electron chi connectivity index (χ4n) is 2.35. The Morgan fingerprint density at radius 1 is 1.24 bits per heavy atom. The van der Waals surface area contributed by atoms with Gasteiger partial charge in [-0.3, -0.25) is 4.79 Å². The summed E-state index contributed by atoms with van der Waals surface area (Å²) in [5.41, 5.74) is -0.164. The number of nitrogens with one attached hydrogen (secondary N) is 1. The van der Waals surface area contributed by atoms with Crippen LogP contribution in [0.4, 0.5) is 0 Å². The normalized spacial score (nSPS) is 17.6. The summed E-state index contributed by atoms with van der Waals surface area (Å²) >= 11 is 0. The number of piperidine rings is 1. The van der Waals surface area contributed by atoms with E-state index in [0.717, 1.165) is 6.26 Å². The number of sulfonamides is 1. The molecule has 0 radical (unpaired) electrons. The lowest BCUT2D eigenvalue weighted by Crippen LogP contribution is -2.46. The highest BCUT2D eigenvalue weighted by atomic mass is 32.2. The standard InChI is InChI=1S/C13H18N2O5S/c1-21(19,20)15-7-5-9(6-8-15)14-13(18)12-10(16)3-2-4-11(12)17/h2-4,9,16-17H,5-8H2,1H3,(H,14,18). The van der Waals surface area contributed by atoms with Crippen LogP contribution in [0.2, 0.25) is 0 Å². The fraction of sp³-hybridized carbons (Fsp3) is 0.462. The molecule has 1 saturated heterocycles. The molecule has 21 heavy (non-hydrogen) atoms. The molecule has 0 unspecified atom stereocenters. The summed E-state index contributed by atoms with van der Waals surface area (Å²) in [5, 5.41) is 22.0. The highest BCUT2D eigenvalue weighted by Gasteiger charge is 2.27. The van der Waals surface area contributed by atoms with Crippen LogP contribution < -0.4 is 5.32 Å². The second-order valence-electron chi connectivity index (χ2n) is 5.08. The monoisotopic (exact) mass is 314 g/mol. The minimum atomic E-state index is -3.20. The first-order chi connectivity index (χ1) is 9.79. The highest BCUT2D eigenvalue weighted by Crippen LogP contribution is 2.26. The zero-order valence-electron chi connectivity index (χ0n) is 11.6. The summed E-state index contributed by atoms with van der Waals surface area (Å²) < 4.78 is 24.2. The van der Waals surface area contributed by atoms with Crippen LogP contribution in [0.1, 0.15) is 23.2 Å². The number of benzene rings is 1. The van der Waals surface area contributed by atoms with Gasteiger partial charge < -0.3 is 15.5 Å². The highest BCUT2D eigenvalue weighted by molar-refractivity contribution is 7.88. The summed E-state index contributed by atoms with van der Waals surface area (Å²) in [7, 11) is -3.20. The zero-order valence-corrected chi connectivity index (χ0v) is 12.4. The summed E-state index contributed by atoms with van der Waals surface area (Å²) in [4.78, 5) is 12.1. The smallest absolute Gasteiger partial charge is 0.259 e. The van der Waals surface area contributed by atoms with E-state index in [2.05, 4.69) is 5.32 Å². The first kappa shape index (κ1) is 15.6. The maximum atomic E-state index is 12.1. The molecule has 116 valence electrons. The molecule has 1 amide bonds. The van der Waals surface area contributed by atoms with Crippen molar-refractivity contribution in [1.29, 1.82) is 0 Å². The molecule has 0 saturated carbocycles. The van der Waals surface area contributed by atoms with Crippen LogP contribution in [0, 0.1) is 0 Å². The third-order valence-electron chi connectivity index (χ3n) is 3.51. The van der Waals surface area contributed by atoms with E-state index >= 15 is 0 Å². The lowest BCUT2D eigenvalue weighted by atomic mass is 10.1. The van der Waals surface area contributed by atoms with Crippen molar-refractivity contribution in [3.8, 4) is 11.5 Å². The van der Waals surface area contributed by atoms with Gasteiger partial charge in [0.15, 0.2) is 0 Å². The number of phenolic OH excluding ortho intramolecular Hbond substituents is 2. The predicted molar refractivity (Wildman–Crippen MR) is 76.7 cm³/mol. The molecule has 1 heterocycles. The molecule has 1 aliphatic heterocycles. The molecule has 8 heteroatoms. The van der Waals surface area contributed by atoms with Gasteiger partial charge in [0.25, 0.3) is 5.91 Å². The van der Waals surface area contributed by atoms with Crippen molar-refractivity contribution in [1.82, 2.24) is 9.62 Å². The van der Waals surface area contributed by atoms with Crippen LogP contribution in [0.15, 0.2) is 18.2 Å². The molecule has 3 N–H and O–H groups in total. The number of aromatic hydroxyl groups is 2. The van der Waals surface area contributed by atoms with Gasteiger partial charge >= 0.3 is 0 Å². The molecule has 1 fully saturated rings. The van der Waals surface area contributed by atoms with Crippen LogP contribution in [-0.2, 0) is 10.0 Å². The van der Waals surface area contributed by atoms with Crippen LogP contribution in [0.5, 0.6) is 11.5 Å². The first-order valence-corrected chi connectivity index (χ1v) is 8.41. The van der Waals surface area contributed by atoms with Crippen molar-refractivity contribution in [2.45, 2.75) is 18.9 Å². The molecule has 0 aliphatic carbocycles. The SMILES string of the molecule is CS(=O)(=O)N1CCC(NC(=O)c2c(O)cccc2O)CC1. The zero-order chi connectivity index (χ0) is 15.6. The Bertz CT molecular complexity index is 616. The molecular weight excluding hydrogens is 296 g/mol. The second-order valence-corrected chi connectivity index (χ2v) is 7.06. The number of carbonyl (C=O) groups excluding carboxylic acids is 1. The van der Waals surface area contributed by atoms with Crippen LogP contribution in [0.3, 0.4) is 0 Å². The number of hydrogen-bond acceptors (Lipinski definition) is 5.